The summed E-state index contributed by atoms with van der Waals surface area (Å²) in [4.78, 5) is 37.7. The fourth-order valence-corrected chi connectivity index (χ4v) is 5.57. The summed E-state index contributed by atoms with van der Waals surface area (Å²) >= 11 is 0. The summed E-state index contributed by atoms with van der Waals surface area (Å²) in [6.45, 7) is 6.23. The van der Waals surface area contributed by atoms with Gasteiger partial charge >= 0.3 is 17.9 Å². The van der Waals surface area contributed by atoms with Gasteiger partial charge in [-0.3, -0.25) is 14.4 Å². The first-order valence-electron chi connectivity index (χ1n) is 22.5. The molecular weight excluding hydrogens is 709 g/mol. The zero-order chi connectivity index (χ0) is 41.5. The van der Waals surface area contributed by atoms with Crippen LogP contribution in [-0.4, -0.2) is 37.2 Å². The van der Waals surface area contributed by atoms with E-state index < -0.39 is 6.10 Å². The highest BCUT2D eigenvalue weighted by atomic mass is 16.6. The zero-order valence-electron chi connectivity index (χ0n) is 36.3. The number of unbranched alkanes of at least 4 members (excludes halogenated alkanes) is 15. The predicted molar refractivity (Wildman–Crippen MR) is 242 cm³/mol. The first kappa shape index (κ1) is 53.1. The van der Waals surface area contributed by atoms with Crippen LogP contribution in [0.2, 0.25) is 0 Å². The summed E-state index contributed by atoms with van der Waals surface area (Å²) in [6.07, 6.45) is 59.3. The molecule has 57 heavy (non-hydrogen) atoms. The molecule has 0 spiro atoms. The number of carbonyl (C=O) groups is 3. The van der Waals surface area contributed by atoms with E-state index in [0.29, 0.717) is 19.3 Å². The van der Waals surface area contributed by atoms with E-state index in [1.807, 2.05) is 72.9 Å². The lowest BCUT2D eigenvalue weighted by Crippen LogP contribution is -2.30. The molecule has 0 saturated heterocycles. The minimum atomic E-state index is -0.820. The third-order valence-electron chi connectivity index (χ3n) is 8.93. The van der Waals surface area contributed by atoms with Crippen molar-refractivity contribution in [3.05, 3.63) is 109 Å². The van der Waals surface area contributed by atoms with E-state index in [-0.39, 0.29) is 37.5 Å². The molecule has 0 amide bonds. The molecule has 0 saturated carbocycles. The molecular formula is C51H80O6. The predicted octanol–water partition coefficient (Wildman–Crippen LogP) is 14.4. The number of esters is 3. The Hall–Kier alpha value is -3.93. The molecule has 6 nitrogen and oxygen atoms in total. The molecule has 0 bridgehead atoms. The lowest BCUT2D eigenvalue weighted by molar-refractivity contribution is -0.167. The molecule has 320 valence electrons. The van der Waals surface area contributed by atoms with Crippen molar-refractivity contribution in [1.82, 2.24) is 0 Å². The maximum Gasteiger partial charge on any atom is 0.306 e. The fraction of sp³-hybridized carbons (Fsp3) is 0.588. The van der Waals surface area contributed by atoms with Crippen LogP contribution in [0.25, 0.3) is 0 Å². The number of rotatable bonds is 38. The van der Waals surface area contributed by atoms with Crippen LogP contribution in [0.15, 0.2) is 109 Å². The van der Waals surface area contributed by atoms with Crippen molar-refractivity contribution in [2.45, 2.75) is 181 Å². The number of carbonyl (C=O) groups excluding carboxylic acids is 3. The van der Waals surface area contributed by atoms with E-state index in [1.165, 1.54) is 38.5 Å². The molecule has 0 N–H and O–H groups in total. The highest BCUT2D eigenvalue weighted by Gasteiger charge is 2.19. The Morgan fingerprint density at radius 2 is 0.702 bits per heavy atom. The normalized spacial score (nSPS) is 13.1. The van der Waals surface area contributed by atoms with Gasteiger partial charge in [0.15, 0.2) is 6.10 Å². The van der Waals surface area contributed by atoms with E-state index in [4.69, 9.17) is 14.2 Å². The zero-order valence-corrected chi connectivity index (χ0v) is 36.3. The number of ether oxygens (including phenoxy) is 3. The fourth-order valence-electron chi connectivity index (χ4n) is 5.57. The average molecular weight is 789 g/mol. The Bertz CT molecular complexity index is 1230. The molecule has 6 heteroatoms. The van der Waals surface area contributed by atoms with Gasteiger partial charge in [0.1, 0.15) is 13.2 Å². The molecule has 0 aliphatic rings. The van der Waals surface area contributed by atoms with Crippen molar-refractivity contribution in [2.75, 3.05) is 13.2 Å². The number of hydrogen-bond acceptors (Lipinski definition) is 6. The van der Waals surface area contributed by atoms with Crippen molar-refractivity contribution < 1.29 is 28.6 Å². The van der Waals surface area contributed by atoms with Crippen molar-refractivity contribution in [1.29, 1.82) is 0 Å². The van der Waals surface area contributed by atoms with Gasteiger partial charge in [-0.2, -0.15) is 0 Å². The Morgan fingerprint density at radius 3 is 1.12 bits per heavy atom. The maximum atomic E-state index is 12.7. The van der Waals surface area contributed by atoms with E-state index in [1.54, 1.807) is 0 Å². The van der Waals surface area contributed by atoms with E-state index in [2.05, 4.69) is 57.2 Å². The molecule has 1 atom stereocenters. The molecule has 1 unspecified atom stereocenters. The molecule has 0 aromatic rings. The van der Waals surface area contributed by atoms with Crippen LogP contribution >= 0.6 is 0 Å². The van der Waals surface area contributed by atoms with Gasteiger partial charge < -0.3 is 14.2 Å². The summed E-state index contributed by atoms with van der Waals surface area (Å²) < 4.78 is 16.6. The Balaban J connectivity index is 4.57. The van der Waals surface area contributed by atoms with Crippen molar-refractivity contribution >= 4 is 17.9 Å². The van der Waals surface area contributed by atoms with E-state index >= 15 is 0 Å². The molecule has 0 aromatic carbocycles. The smallest absolute Gasteiger partial charge is 0.306 e. The highest BCUT2D eigenvalue weighted by molar-refractivity contribution is 5.71. The quantitative estimate of drug-likeness (QED) is 0.0204. The van der Waals surface area contributed by atoms with Crippen LogP contribution in [0, 0.1) is 0 Å². The summed E-state index contributed by atoms with van der Waals surface area (Å²) in [5.41, 5.74) is 0. The third kappa shape index (κ3) is 43.0. The lowest BCUT2D eigenvalue weighted by atomic mass is 10.1. The molecule has 0 rings (SSSR count). The Kier molecular flexibility index (Phi) is 41.7. The maximum absolute atomic E-state index is 12.7. The number of allylic oxidation sites excluding steroid dienone is 18. The van der Waals surface area contributed by atoms with Gasteiger partial charge in [0.05, 0.1) is 0 Å². The van der Waals surface area contributed by atoms with Gasteiger partial charge in [-0.1, -0.05) is 182 Å². The van der Waals surface area contributed by atoms with Crippen LogP contribution in [0.3, 0.4) is 0 Å². The number of hydrogen-bond donors (Lipinski definition) is 0. The van der Waals surface area contributed by atoms with Gasteiger partial charge in [-0.05, 0) is 83.5 Å². The van der Waals surface area contributed by atoms with E-state index in [9.17, 15) is 14.4 Å². The highest BCUT2D eigenvalue weighted by Crippen LogP contribution is 2.11. The second-order valence-electron chi connectivity index (χ2n) is 14.4. The Labute approximate surface area is 349 Å². The second-order valence-corrected chi connectivity index (χ2v) is 14.4. The summed E-state index contributed by atoms with van der Waals surface area (Å²) in [5.74, 6) is -1.03. The standard InChI is InChI=1S/C51H80O6/c1-4-7-10-13-16-19-22-25-28-31-34-37-40-43-49(52)55-46-48(57-51(54)45-42-39-36-33-30-27-24-21-18-15-12-9-6-3)47-56-50(53)44-41-38-35-32-29-26-23-20-17-14-11-8-5-2/h7,9-10,12-13,15-16,18-19,21-22,24-30,48H,4-6,8,11,14,17,20,23,31-47H2,1-3H3/b10-7-,12-9-,16-13-,18-15-,22-19-,24-21-,28-25-,29-26-,30-27-. The van der Waals surface area contributed by atoms with Crippen molar-refractivity contribution in [3.8, 4) is 0 Å². The first-order valence-corrected chi connectivity index (χ1v) is 22.5. The van der Waals surface area contributed by atoms with Crippen LogP contribution in [0.5, 0.6) is 0 Å². The average Bonchev–Trinajstić information content (AvgIpc) is 3.21. The van der Waals surface area contributed by atoms with Gasteiger partial charge in [0.25, 0.3) is 0 Å². The van der Waals surface area contributed by atoms with Crippen LogP contribution in [0.4, 0.5) is 0 Å². The summed E-state index contributed by atoms with van der Waals surface area (Å²) in [7, 11) is 0. The lowest BCUT2D eigenvalue weighted by Gasteiger charge is -2.18. The molecule has 0 radical (unpaired) electrons. The molecule has 0 heterocycles. The van der Waals surface area contributed by atoms with Crippen molar-refractivity contribution in [2.24, 2.45) is 0 Å². The Morgan fingerprint density at radius 1 is 0.368 bits per heavy atom. The van der Waals surface area contributed by atoms with Gasteiger partial charge in [0, 0.05) is 19.3 Å². The molecule has 0 fully saturated rings. The van der Waals surface area contributed by atoms with Gasteiger partial charge in [-0.25, -0.2) is 0 Å². The van der Waals surface area contributed by atoms with Crippen LogP contribution in [0.1, 0.15) is 175 Å². The second kappa shape index (κ2) is 44.8. The van der Waals surface area contributed by atoms with Crippen LogP contribution < -0.4 is 0 Å². The molecule has 0 aromatic heterocycles. The van der Waals surface area contributed by atoms with Crippen molar-refractivity contribution in [3.63, 3.8) is 0 Å². The van der Waals surface area contributed by atoms with Gasteiger partial charge in [-0.15, -0.1) is 0 Å². The summed E-state index contributed by atoms with van der Waals surface area (Å²) in [6, 6.07) is 0. The topological polar surface area (TPSA) is 78.9 Å². The monoisotopic (exact) mass is 789 g/mol. The van der Waals surface area contributed by atoms with Gasteiger partial charge in [0.2, 0.25) is 0 Å². The molecule has 0 aliphatic heterocycles. The minimum Gasteiger partial charge on any atom is -0.462 e. The largest absolute Gasteiger partial charge is 0.462 e. The molecule has 0 aliphatic carbocycles. The van der Waals surface area contributed by atoms with E-state index in [0.717, 1.165) is 89.9 Å². The first-order chi connectivity index (χ1) is 28.0. The SMILES string of the molecule is CC\C=C/C=C\C=C/C=C\CCCCCC(=O)OCC(COC(=O)CCCCC/C=C\CCCCCCCC)OC(=O)CCCCC\C=C/C=C\C=C/C=C\CC. The third-order valence-corrected chi connectivity index (χ3v) is 8.93. The summed E-state index contributed by atoms with van der Waals surface area (Å²) in [5, 5.41) is 0. The minimum absolute atomic E-state index is 0.118. The van der Waals surface area contributed by atoms with Crippen LogP contribution in [-0.2, 0) is 28.6 Å².